The Morgan fingerprint density at radius 2 is 2.00 bits per heavy atom. The minimum atomic E-state index is 0.211. The Balaban J connectivity index is 2.25. The van der Waals surface area contributed by atoms with E-state index in [9.17, 15) is 0 Å². The second-order valence-electron chi connectivity index (χ2n) is 4.71. The Labute approximate surface area is 133 Å². The number of rotatable bonds is 6. The lowest BCUT2D eigenvalue weighted by Crippen LogP contribution is -2.24. The Morgan fingerprint density at radius 1 is 1.25 bits per heavy atom. The zero-order valence-electron chi connectivity index (χ0n) is 11.4. The van der Waals surface area contributed by atoms with Gasteiger partial charge in [0.2, 0.25) is 0 Å². The molecule has 0 spiro atoms. The summed E-state index contributed by atoms with van der Waals surface area (Å²) in [6, 6.07) is 10.4. The highest BCUT2D eigenvalue weighted by molar-refractivity contribution is 9.10. The van der Waals surface area contributed by atoms with Gasteiger partial charge in [-0.3, -0.25) is 4.98 Å². The van der Waals surface area contributed by atoms with E-state index < -0.39 is 0 Å². The lowest BCUT2D eigenvalue weighted by molar-refractivity contribution is 0.529. The number of hydrogen-bond acceptors (Lipinski definition) is 2. The predicted molar refractivity (Wildman–Crippen MR) is 88.1 cm³/mol. The van der Waals surface area contributed by atoms with Crippen molar-refractivity contribution in [2.45, 2.75) is 25.8 Å². The van der Waals surface area contributed by atoms with Crippen LogP contribution in [0.4, 0.5) is 0 Å². The van der Waals surface area contributed by atoms with Crippen molar-refractivity contribution in [1.29, 1.82) is 0 Å². The fourth-order valence-electron chi connectivity index (χ4n) is 2.15. The molecule has 0 saturated heterocycles. The molecule has 2 rings (SSSR count). The molecular formula is C16H18BrClN2. The topological polar surface area (TPSA) is 24.9 Å². The van der Waals surface area contributed by atoms with E-state index in [0.717, 1.165) is 34.4 Å². The molecule has 1 unspecified atom stereocenters. The first kappa shape index (κ1) is 15.5. The van der Waals surface area contributed by atoms with Crippen LogP contribution in [0.25, 0.3) is 0 Å². The van der Waals surface area contributed by atoms with Crippen molar-refractivity contribution in [3.63, 3.8) is 0 Å². The first-order chi connectivity index (χ1) is 9.72. The van der Waals surface area contributed by atoms with Crippen molar-refractivity contribution in [3.8, 4) is 0 Å². The summed E-state index contributed by atoms with van der Waals surface area (Å²) in [6.07, 6.45) is 5.65. The fraction of sp³-hybridized carbons (Fsp3) is 0.312. The number of hydrogen-bond donors (Lipinski definition) is 1. The van der Waals surface area contributed by atoms with Gasteiger partial charge in [0, 0.05) is 22.9 Å². The minimum absolute atomic E-state index is 0.211. The van der Waals surface area contributed by atoms with E-state index in [1.807, 2.05) is 36.7 Å². The summed E-state index contributed by atoms with van der Waals surface area (Å²) in [5.74, 6) is 0. The zero-order valence-corrected chi connectivity index (χ0v) is 13.8. The van der Waals surface area contributed by atoms with Gasteiger partial charge in [0.15, 0.2) is 0 Å². The SMILES string of the molecule is CCCNC(Cc1ccncc1)c1cccc(Br)c1Cl. The van der Waals surface area contributed by atoms with E-state index in [4.69, 9.17) is 11.6 Å². The third-order valence-corrected chi connectivity index (χ3v) is 4.50. The van der Waals surface area contributed by atoms with Gasteiger partial charge in [0.25, 0.3) is 0 Å². The Bertz CT molecular complexity index is 545. The molecule has 1 aromatic heterocycles. The van der Waals surface area contributed by atoms with Crippen molar-refractivity contribution >= 4 is 27.5 Å². The van der Waals surface area contributed by atoms with Crippen LogP contribution >= 0.6 is 27.5 Å². The molecule has 2 nitrogen and oxygen atoms in total. The van der Waals surface area contributed by atoms with Crippen LogP contribution < -0.4 is 5.32 Å². The average Bonchev–Trinajstić information content (AvgIpc) is 2.48. The number of nitrogens with one attached hydrogen (secondary N) is 1. The van der Waals surface area contributed by atoms with Crippen molar-refractivity contribution < 1.29 is 0 Å². The maximum atomic E-state index is 6.43. The smallest absolute Gasteiger partial charge is 0.0595 e. The third-order valence-electron chi connectivity index (χ3n) is 3.19. The van der Waals surface area contributed by atoms with Crippen molar-refractivity contribution in [2.24, 2.45) is 0 Å². The summed E-state index contributed by atoms with van der Waals surface area (Å²) in [7, 11) is 0. The van der Waals surface area contributed by atoms with Crippen LogP contribution in [0.1, 0.15) is 30.5 Å². The number of aromatic nitrogens is 1. The molecule has 1 N–H and O–H groups in total. The largest absolute Gasteiger partial charge is 0.310 e. The molecule has 0 radical (unpaired) electrons. The molecule has 4 heteroatoms. The molecule has 0 aliphatic carbocycles. The van der Waals surface area contributed by atoms with Gasteiger partial charge in [-0.15, -0.1) is 0 Å². The van der Waals surface area contributed by atoms with Crippen LogP contribution in [0.3, 0.4) is 0 Å². The highest BCUT2D eigenvalue weighted by Crippen LogP contribution is 2.31. The quantitative estimate of drug-likeness (QED) is 0.808. The summed E-state index contributed by atoms with van der Waals surface area (Å²) < 4.78 is 0.940. The van der Waals surface area contributed by atoms with E-state index in [2.05, 4.69) is 39.2 Å². The standard InChI is InChI=1S/C16H18BrClN2/c1-2-8-20-15(11-12-6-9-19-10-7-12)13-4-3-5-14(17)16(13)18/h3-7,9-10,15,20H,2,8,11H2,1H3. The monoisotopic (exact) mass is 352 g/mol. The summed E-state index contributed by atoms with van der Waals surface area (Å²) >= 11 is 9.93. The zero-order chi connectivity index (χ0) is 14.4. The first-order valence-electron chi connectivity index (χ1n) is 6.78. The highest BCUT2D eigenvalue weighted by Gasteiger charge is 2.16. The number of halogens is 2. The van der Waals surface area contributed by atoms with E-state index in [1.165, 1.54) is 5.56 Å². The van der Waals surface area contributed by atoms with E-state index in [-0.39, 0.29) is 6.04 Å². The van der Waals surface area contributed by atoms with E-state index in [1.54, 1.807) is 0 Å². The van der Waals surface area contributed by atoms with Gasteiger partial charge in [-0.2, -0.15) is 0 Å². The number of pyridine rings is 1. The van der Waals surface area contributed by atoms with Gasteiger partial charge < -0.3 is 5.32 Å². The van der Waals surface area contributed by atoms with Crippen LogP contribution in [0.15, 0.2) is 47.2 Å². The molecular weight excluding hydrogens is 336 g/mol. The summed E-state index contributed by atoms with van der Waals surface area (Å²) in [4.78, 5) is 4.07. The average molecular weight is 354 g/mol. The highest BCUT2D eigenvalue weighted by atomic mass is 79.9. The lowest BCUT2D eigenvalue weighted by Gasteiger charge is -2.21. The van der Waals surface area contributed by atoms with Crippen LogP contribution in [0.2, 0.25) is 5.02 Å². The van der Waals surface area contributed by atoms with Crippen molar-refractivity contribution in [1.82, 2.24) is 10.3 Å². The lowest BCUT2D eigenvalue weighted by atomic mass is 9.99. The Morgan fingerprint density at radius 3 is 2.70 bits per heavy atom. The normalized spacial score (nSPS) is 12.3. The molecule has 0 saturated carbocycles. The molecule has 1 atom stereocenters. The molecule has 0 amide bonds. The van der Waals surface area contributed by atoms with Gasteiger partial charge in [-0.25, -0.2) is 0 Å². The molecule has 1 heterocycles. The van der Waals surface area contributed by atoms with E-state index >= 15 is 0 Å². The Kier molecular flexibility index (Phi) is 6.02. The fourth-order valence-corrected chi connectivity index (χ4v) is 2.79. The molecule has 0 fully saturated rings. The summed E-state index contributed by atoms with van der Waals surface area (Å²) in [5.41, 5.74) is 2.39. The molecule has 0 bridgehead atoms. The second-order valence-corrected chi connectivity index (χ2v) is 5.94. The van der Waals surface area contributed by atoms with E-state index in [0.29, 0.717) is 0 Å². The minimum Gasteiger partial charge on any atom is -0.310 e. The van der Waals surface area contributed by atoms with Gasteiger partial charge >= 0.3 is 0 Å². The molecule has 0 aliphatic rings. The third kappa shape index (κ3) is 4.05. The van der Waals surface area contributed by atoms with Crippen LogP contribution in [-0.4, -0.2) is 11.5 Å². The van der Waals surface area contributed by atoms with Gasteiger partial charge in [0.1, 0.15) is 0 Å². The van der Waals surface area contributed by atoms with Crippen molar-refractivity contribution in [3.05, 3.63) is 63.3 Å². The second kappa shape index (κ2) is 7.77. The number of nitrogens with zero attached hydrogens (tertiary/aromatic N) is 1. The van der Waals surface area contributed by atoms with Crippen molar-refractivity contribution in [2.75, 3.05) is 6.54 Å². The maximum absolute atomic E-state index is 6.43. The molecule has 1 aromatic carbocycles. The summed E-state index contributed by atoms with van der Waals surface area (Å²) in [6.45, 7) is 3.14. The Hall–Kier alpha value is -0.900. The molecule has 0 aliphatic heterocycles. The van der Waals surface area contributed by atoms with Crippen LogP contribution in [0.5, 0.6) is 0 Å². The summed E-state index contributed by atoms with van der Waals surface area (Å²) in [5, 5.41) is 4.36. The molecule has 106 valence electrons. The maximum Gasteiger partial charge on any atom is 0.0595 e. The van der Waals surface area contributed by atoms with Gasteiger partial charge in [0.05, 0.1) is 5.02 Å². The first-order valence-corrected chi connectivity index (χ1v) is 7.95. The number of benzene rings is 1. The predicted octanol–water partition coefficient (Wildman–Crippen LogP) is 4.78. The van der Waals surface area contributed by atoms with Gasteiger partial charge in [-0.1, -0.05) is 30.7 Å². The molecule has 2 aromatic rings. The van der Waals surface area contributed by atoms with Gasteiger partial charge in [-0.05, 0) is 64.6 Å². The van der Waals surface area contributed by atoms with Crippen LogP contribution in [0, 0.1) is 0 Å². The van der Waals surface area contributed by atoms with Crippen LogP contribution in [-0.2, 0) is 6.42 Å². The molecule has 20 heavy (non-hydrogen) atoms.